The van der Waals surface area contributed by atoms with Crippen LogP contribution in [0.1, 0.15) is 51.9 Å². The zero-order chi connectivity index (χ0) is 12.4. The van der Waals surface area contributed by atoms with Crippen LogP contribution in [0.5, 0.6) is 0 Å². The molecule has 0 bridgehead atoms. The van der Waals surface area contributed by atoms with E-state index in [1.165, 1.54) is 77.7 Å². The van der Waals surface area contributed by atoms with Crippen molar-refractivity contribution < 1.29 is 0 Å². The Morgan fingerprint density at radius 1 is 0.889 bits per heavy atom. The van der Waals surface area contributed by atoms with Crippen LogP contribution in [-0.2, 0) is 0 Å². The van der Waals surface area contributed by atoms with E-state index in [1.54, 1.807) is 0 Å². The molecule has 18 heavy (non-hydrogen) atoms. The van der Waals surface area contributed by atoms with Gasteiger partial charge in [-0.2, -0.15) is 0 Å². The van der Waals surface area contributed by atoms with Gasteiger partial charge in [0.25, 0.3) is 0 Å². The van der Waals surface area contributed by atoms with Crippen LogP contribution in [0, 0.1) is 11.8 Å². The molecule has 3 rings (SSSR count). The van der Waals surface area contributed by atoms with Gasteiger partial charge < -0.3 is 4.90 Å². The first-order valence-corrected chi connectivity index (χ1v) is 8.29. The molecule has 3 unspecified atom stereocenters. The number of hydrogen-bond donors (Lipinski definition) is 0. The summed E-state index contributed by atoms with van der Waals surface area (Å²) >= 11 is 0. The number of fused-ring (bicyclic) bond motifs is 1. The van der Waals surface area contributed by atoms with Crippen LogP contribution in [0.25, 0.3) is 0 Å². The van der Waals surface area contributed by atoms with Crippen molar-refractivity contribution in [2.45, 2.75) is 57.9 Å². The van der Waals surface area contributed by atoms with Crippen LogP contribution in [-0.4, -0.2) is 48.6 Å². The monoisotopic (exact) mass is 250 g/mol. The maximum absolute atomic E-state index is 2.81. The molecule has 0 aromatic rings. The van der Waals surface area contributed by atoms with E-state index in [0.29, 0.717) is 0 Å². The smallest absolute Gasteiger partial charge is 0.0223 e. The van der Waals surface area contributed by atoms with Crippen molar-refractivity contribution in [1.82, 2.24) is 9.80 Å². The highest BCUT2D eigenvalue weighted by molar-refractivity contribution is 4.86. The lowest BCUT2D eigenvalue weighted by molar-refractivity contribution is 0.149. The van der Waals surface area contributed by atoms with E-state index in [-0.39, 0.29) is 0 Å². The van der Waals surface area contributed by atoms with Crippen LogP contribution in [0.2, 0.25) is 0 Å². The summed E-state index contributed by atoms with van der Waals surface area (Å²) in [5.74, 6) is 1.97. The van der Waals surface area contributed by atoms with Crippen molar-refractivity contribution in [3.63, 3.8) is 0 Å². The fourth-order valence-electron chi connectivity index (χ4n) is 4.44. The van der Waals surface area contributed by atoms with E-state index in [4.69, 9.17) is 0 Å². The largest absolute Gasteiger partial charge is 0.301 e. The van der Waals surface area contributed by atoms with Gasteiger partial charge in [0.15, 0.2) is 0 Å². The van der Waals surface area contributed by atoms with Crippen molar-refractivity contribution in [2.75, 3.05) is 32.7 Å². The van der Waals surface area contributed by atoms with Crippen LogP contribution in [0.15, 0.2) is 0 Å². The minimum Gasteiger partial charge on any atom is -0.301 e. The number of hydrogen-bond acceptors (Lipinski definition) is 2. The molecule has 2 aliphatic heterocycles. The summed E-state index contributed by atoms with van der Waals surface area (Å²) in [4.78, 5) is 5.56. The Hall–Kier alpha value is -0.0800. The quantitative estimate of drug-likeness (QED) is 0.743. The molecule has 2 heteroatoms. The second-order valence-electron chi connectivity index (χ2n) is 6.97. The number of rotatable bonds is 2. The van der Waals surface area contributed by atoms with Gasteiger partial charge in [0.2, 0.25) is 0 Å². The van der Waals surface area contributed by atoms with Gasteiger partial charge in [0, 0.05) is 19.1 Å². The fourth-order valence-corrected chi connectivity index (χ4v) is 4.44. The van der Waals surface area contributed by atoms with E-state index < -0.39 is 0 Å². The number of nitrogens with zero attached hydrogens (tertiary/aromatic N) is 2. The average molecular weight is 250 g/mol. The third-order valence-corrected chi connectivity index (χ3v) is 5.67. The maximum Gasteiger partial charge on any atom is 0.0223 e. The van der Waals surface area contributed by atoms with Gasteiger partial charge in [-0.1, -0.05) is 26.2 Å². The lowest BCUT2D eigenvalue weighted by Crippen LogP contribution is -2.40. The molecule has 0 aromatic heterocycles. The Morgan fingerprint density at radius 3 is 2.61 bits per heavy atom. The first kappa shape index (κ1) is 12.9. The summed E-state index contributed by atoms with van der Waals surface area (Å²) in [5.41, 5.74) is 0. The molecular formula is C16H30N2. The van der Waals surface area contributed by atoms with E-state index in [2.05, 4.69) is 16.7 Å². The Labute approximate surface area is 113 Å². The summed E-state index contributed by atoms with van der Waals surface area (Å²) in [5, 5.41) is 0. The third-order valence-electron chi connectivity index (χ3n) is 5.67. The van der Waals surface area contributed by atoms with E-state index >= 15 is 0 Å². The maximum atomic E-state index is 2.81. The average Bonchev–Trinajstić information content (AvgIpc) is 2.71. The zero-order valence-electron chi connectivity index (χ0n) is 12.1. The summed E-state index contributed by atoms with van der Waals surface area (Å²) < 4.78 is 0. The van der Waals surface area contributed by atoms with Crippen LogP contribution >= 0.6 is 0 Å². The molecule has 3 atom stereocenters. The van der Waals surface area contributed by atoms with Gasteiger partial charge in [-0.15, -0.1) is 0 Å². The Balaban J connectivity index is 1.55. The highest BCUT2D eigenvalue weighted by Gasteiger charge is 2.30. The van der Waals surface area contributed by atoms with Crippen molar-refractivity contribution >= 4 is 0 Å². The molecule has 2 saturated heterocycles. The predicted molar refractivity (Wildman–Crippen MR) is 76.8 cm³/mol. The molecule has 3 fully saturated rings. The molecule has 1 saturated carbocycles. The van der Waals surface area contributed by atoms with E-state index in [9.17, 15) is 0 Å². The third kappa shape index (κ3) is 2.91. The van der Waals surface area contributed by atoms with Gasteiger partial charge in [-0.25, -0.2) is 0 Å². The zero-order valence-corrected chi connectivity index (χ0v) is 12.1. The highest BCUT2D eigenvalue weighted by atomic mass is 15.3. The standard InChI is InChI=1S/C16H30N2/c1-14-6-2-3-7-15(14)12-17-9-5-11-18-10-4-8-16(18)13-17/h14-16H,2-13H2,1H3. The Kier molecular flexibility index (Phi) is 4.25. The fraction of sp³-hybridized carbons (Fsp3) is 1.00. The van der Waals surface area contributed by atoms with Crippen LogP contribution < -0.4 is 0 Å². The van der Waals surface area contributed by atoms with Gasteiger partial charge in [-0.05, 0) is 57.2 Å². The first-order valence-electron chi connectivity index (χ1n) is 8.29. The SMILES string of the molecule is CC1CCCCC1CN1CCCN2CCCC2C1. The first-order chi connectivity index (χ1) is 8.83. The van der Waals surface area contributed by atoms with Crippen molar-refractivity contribution in [3.8, 4) is 0 Å². The van der Waals surface area contributed by atoms with Gasteiger partial charge in [-0.3, -0.25) is 4.90 Å². The van der Waals surface area contributed by atoms with Crippen molar-refractivity contribution in [1.29, 1.82) is 0 Å². The van der Waals surface area contributed by atoms with Crippen molar-refractivity contribution in [2.24, 2.45) is 11.8 Å². The minimum absolute atomic E-state index is 0.895. The molecule has 104 valence electrons. The summed E-state index contributed by atoms with van der Waals surface area (Å²) in [6, 6.07) is 0.895. The highest BCUT2D eigenvalue weighted by Crippen LogP contribution is 2.31. The molecule has 0 radical (unpaired) electrons. The van der Waals surface area contributed by atoms with Crippen molar-refractivity contribution in [3.05, 3.63) is 0 Å². The predicted octanol–water partition coefficient (Wildman–Crippen LogP) is 2.98. The molecule has 1 aliphatic carbocycles. The lowest BCUT2D eigenvalue weighted by Gasteiger charge is -2.34. The molecular weight excluding hydrogens is 220 g/mol. The minimum atomic E-state index is 0.895. The molecule has 0 spiro atoms. The second kappa shape index (κ2) is 5.92. The Morgan fingerprint density at radius 2 is 1.72 bits per heavy atom. The lowest BCUT2D eigenvalue weighted by atomic mass is 9.80. The topological polar surface area (TPSA) is 6.48 Å². The molecule has 0 aromatic carbocycles. The molecule has 3 aliphatic rings. The van der Waals surface area contributed by atoms with Crippen LogP contribution in [0.4, 0.5) is 0 Å². The summed E-state index contributed by atoms with van der Waals surface area (Å²) in [6.45, 7) is 9.34. The van der Waals surface area contributed by atoms with Gasteiger partial charge >= 0.3 is 0 Å². The van der Waals surface area contributed by atoms with Gasteiger partial charge in [0.1, 0.15) is 0 Å². The van der Waals surface area contributed by atoms with Crippen LogP contribution in [0.3, 0.4) is 0 Å². The normalized spacial score (nSPS) is 39.5. The summed E-state index contributed by atoms with van der Waals surface area (Å²) in [7, 11) is 0. The molecule has 2 nitrogen and oxygen atoms in total. The second-order valence-corrected chi connectivity index (χ2v) is 6.97. The van der Waals surface area contributed by atoms with E-state index in [0.717, 1.165) is 17.9 Å². The molecule has 0 amide bonds. The van der Waals surface area contributed by atoms with E-state index in [1.807, 2.05) is 0 Å². The Bertz CT molecular complexity index is 266. The molecule has 2 heterocycles. The molecule has 0 N–H and O–H groups in total. The summed E-state index contributed by atoms with van der Waals surface area (Å²) in [6.07, 6.45) is 10.2. The van der Waals surface area contributed by atoms with Gasteiger partial charge in [0.05, 0.1) is 0 Å².